The Kier molecular flexibility index (Phi) is 5.52. The van der Waals surface area contributed by atoms with Crippen molar-refractivity contribution in [3.05, 3.63) is 81.5 Å². The highest BCUT2D eigenvalue weighted by Crippen LogP contribution is 2.16. The predicted octanol–water partition coefficient (Wildman–Crippen LogP) is 3.73. The minimum atomic E-state index is -0.410. The maximum atomic E-state index is 13.1. The van der Waals surface area contributed by atoms with E-state index in [4.69, 9.17) is 11.6 Å². The predicted molar refractivity (Wildman–Crippen MR) is 103 cm³/mol. The molecule has 3 rings (SSSR count). The number of nitrogens with zero attached hydrogens (tertiary/aromatic N) is 2. The standard InChI is InChI=1S/C19H16ClFN4O2/c1-12-9-18(27)25(11-17(26)23-16-4-2-3-13(20)10-16)19(22-12)24-15-7-5-14(21)6-8-15/h2-10H,11H2,1H3,(H,22,24)(H,23,26). The fourth-order valence-corrected chi connectivity index (χ4v) is 2.63. The van der Waals surface area contributed by atoms with Crippen molar-refractivity contribution >= 4 is 34.8 Å². The topological polar surface area (TPSA) is 76.0 Å². The molecule has 0 spiro atoms. The number of aryl methyl sites for hydroxylation is 1. The number of anilines is 3. The van der Waals surface area contributed by atoms with E-state index in [9.17, 15) is 14.0 Å². The minimum Gasteiger partial charge on any atom is -0.326 e. The molecule has 0 fully saturated rings. The molecule has 0 unspecified atom stereocenters. The second-order valence-electron chi connectivity index (χ2n) is 5.84. The number of carbonyl (C=O) groups excluding carboxylic acids is 1. The van der Waals surface area contributed by atoms with Gasteiger partial charge in [0, 0.05) is 28.2 Å². The smallest absolute Gasteiger partial charge is 0.255 e. The second-order valence-corrected chi connectivity index (χ2v) is 6.27. The molecule has 0 saturated heterocycles. The lowest BCUT2D eigenvalue weighted by atomic mass is 10.3. The van der Waals surface area contributed by atoms with Crippen molar-refractivity contribution in [2.24, 2.45) is 0 Å². The van der Waals surface area contributed by atoms with E-state index in [1.165, 1.54) is 34.9 Å². The van der Waals surface area contributed by atoms with Crippen LogP contribution in [0, 0.1) is 12.7 Å². The Balaban J connectivity index is 1.84. The molecule has 0 radical (unpaired) electrons. The second kappa shape index (κ2) is 8.01. The zero-order valence-electron chi connectivity index (χ0n) is 14.4. The van der Waals surface area contributed by atoms with Crippen LogP contribution in [0.4, 0.5) is 21.7 Å². The Morgan fingerprint density at radius 2 is 1.89 bits per heavy atom. The molecule has 0 atom stereocenters. The SMILES string of the molecule is Cc1cc(=O)n(CC(=O)Nc2cccc(Cl)c2)c(Nc2ccc(F)cc2)n1. The summed E-state index contributed by atoms with van der Waals surface area (Å²) in [5.41, 5.74) is 1.18. The number of halogens is 2. The molecule has 0 saturated carbocycles. The van der Waals surface area contributed by atoms with Crippen LogP contribution < -0.4 is 16.2 Å². The van der Waals surface area contributed by atoms with E-state index in [0.717, 1.165) is 0 Å². The number of hydrogen-bond acceptors (Lipinski definition) is 4. The highest BCUT2D eigenvalue weighted by atomic mass is 35.5. The van der Waals surface area contributed by atoms with Gasteiger partial charge < -0.3 is 10.6 Å². The van der Waals surface area contributed by atoms with E-state index in [1.54, 1.807) is 31.2 Å². The Morgan fingerprint density at radius 3 is 2.59 bits per heavy atom. The summed E-state index contributed by atoms with van der Waals surface area (Å²) in [5.74, 6) is -0.601. The summed E-state index contributed by atoms with van der Waals surface area (Å²) >= 11 is 5.90. The van der Waals surface area contributed by atoms with E-state index >= 15 is 0 Å². The first-order valence-electron chi connectivity index (χ1n) is 8.07. The van der Waals surface area contributed by atoms with Crippen molar-refractivity contribution in [3.8, 4) is 0 Å². The van der Waals surface area contributed by atoms with Crippen LogP contribution in [-0.2, 0) is 11.3 Å². The van der Waals surface area contributed by atoms with Gasteiger partial charge in [0.2, 0.25) is 11.9 Å². The van der Waals surface area contributed by atoms with Crippen LogP contribution in [0.2, 0.25) is 5.02 Å². The third-order valence-electron chi connectivity index (χ3n) is 3.65. The molecule has 2 aromatic carbocycles. The fraction of sp³-hybridized carbons (Fsp3) is 0.105. The van der Waals surface area contributed by atoms with Crippen molar-refractivity contribution in [1.82, 2.24) is 9.55 Å². The zero-order chi connectivity index (χ0) is 19.4. The van der Waals surface area contributed by atoms with E-state index < -0.39 is 5.91 Å². The maximum absolute atomic E-state index is 13.1. The van der Waals surface area contributed by atoms with Gasteiger partial charge in [0.15, 0.2) is 0 Å². The Hall–Kier alpha value is -3.19. The van der Waals surface area contributed by atoms with Gasteiger partial charge in [-0.05, 0) is 49.4 Å². The number of aromatic nitrogens is 2. The lowest BCUT2D eigenvalue weighted by Gasteiger charge is -2.14. The van der Waals surface area contributed by atoms with Gasteiger partial charge in [-0.2, -0.15) is 0 Å². The summed E-state index contributed by atoms with van der Waals surface area (Å²) in [4.78, 5) is 29.0. The van der Waals surface area contributed by atoms with Gasteiger partial charge in [-0.15, -0.1) is 0 Å². The van der Waals surface area contributed by atoms with Crippen molar-refractivity contribution in [1.29, 1.82) is 0 Å². The van der Waals surface area contributed by atoms with Gasteiger partial charge in [0.25, 0.3) is 5.56 Å². The zero-order valence-corrected chi connectivity index (χ0v) is 15.1. The molecular formula is C19H16ClFN4O2. The van der Waals surface area contributed by atoms with Crippen LogP contribution in [-0.4, -0.2) is 15.5 Å². The Morgan fingerprint density at radius 1 is 1.15 bits per heavy atom. The average Bonchev–Trinajstić information content (AvgIpc) is 2.60. The Labute approximate surface area is 159 Å². The van der Waals surface area contributed by atoms with Crippen LogP contribution in [0.1, 0.15) is 5.69 Å². The van der Waals surface area contributed by atoms with Crippen LogP contribution in [0.15, 0.2) is 59.4 Å². The van der Waals surface area contributed by atoms with Crippen molar-refractivity contribution in [2.75, 3.05) is 10.6 Å². The largest absolute Gasteiger partial charge is 0.326 e. The van der Waals surface area contributed by atoms with Gasteiger partial charge in [-0.3, -0.25) is 14.2 Å². The third-order valence-corrected chi connectivity index (χ3v) is 3.88. The van der Waals surface area contributed by atoms with E-state index in [0.29, 0.717) is 22.1 Å². The number of carbonyl (C=O) groups is 1. The number of nitrogens with one attached hydrogen (secondary N) is 2. The Bertz CT molecular complexity index is 1030. The molecule has 2 N–H and O–H groups in total. The normalized spacial score (nSPS) is 10.5. The third kappa shape index (κ3) is 4.92. The van der Waals surface area contributed by atoms with E-state index in [-0.39, 0.29) is 23.9 Å². The summed E-state index contributed by atoms with van der Waals surface area (Å²) in [6.07, 6.45) is 0. The first-order valence-corrected chi connectivity index (χ1v) is 8.45. The molecule has 27 heavy (non-hydrogen) atoms. The quantitative estimate of drug-likeness (QED) is 0.700. The first kappa shape index (κ1) is 18.6. The molecule has 8 heteroatoms. The average molecular weight is 387 g/mol. The highest BCUT2D eigenvalue weighted by molar-refractivity contribution is 6.30. The molecule has 3 aromatic rings. The molecule has 1 aromatic heterocycles. The van der Waals surface area contributed by atoms with Crippen molar-refractivity contribution < 1.29 is 9.18 Å². The van der Waals surface area contributed by atoms with Gasteiger partial charge in [-0.1, -0.05) is 17.7 Å². The van der Waals surface area contributed by atoms with Crippen LogP contribution in [0.25, 0.3) is 0 Å². The molecule has 0 aliphatic heterocycles. The fourth-order valence-electron chi connectivity index (χ4n) is 2.44. The number of amides is 1. The van der Waals surface area contributed by atoms with E-state index in [2.05, 4.69) is 15.6 Å². The van der Waals surface area contributed by atoms with Crippen LogP contribution in [0.5, 0.6) is 0 Å². The van der Waals surface area contributed by atoms with Crippen LogP contribution >= 0.6 is 11.6 Å². The molecule has 0 bridgehead atoms. The summed E-state index contributed by atoms with van der Waals surface area (Å²) in [6, 6.07) is 13.6. The van der Waals surface area contributed by atoms with Crippen molar-refractivity contribution in [2.45, 2.75) is 13.5 Å². The molecule has 6 nitrogen and oxygen atoms in total. The maximum Gasteiger partial charge on any atom is 0.255 e. The summed E-state index contributed by atoms with van der Waals surface area (Å²) in [6.45, 7) is 1.43. The van der Waals surface area contributed by atoms with Crippen LogP contribution in [0.3, 0.4) is 0 Å². The molecule has 1 heterocycles. The summed E-state index contributed by atoms with van der Waals surface area (Å²) < 4.78 is 14.3. The number of benzene rings is 2. The molecule has 138 valence electrons. The molecule has 0 aliphatic carbocycles. The lowest BCUT2D eigenvalue weighted by molar-refractivity contribution is -0.116. The van der Waals surface area contributed by atoms with Gasteiger partial charge in [0.1, 0.15) is 12.4 Å². The molecule has 1 amide bonds. The molecular weight excluding hydrogens is 371 g/mol. The van der Waals surface area contributed by atoms with Gasteiger partial charge >= 0.3 is 0 Å². The van der Waals surface area contributed by atoms with E-state index in [1.807, 2.05) is 0 Å². The number of hydrogen-bond donors (Lipinski definition) is 2. The van der Waals surface area contributed by atoms with Gasteiger partial charge in [-0.25, -0.2) is 9.37 Å². The van der Waals surface area contributed by atoms with Crippen molar-refractivity contribution in [3.63, 3.8) is 0 Å². The number of rotatable bonds is 5. The summed E-state index contributed by atoms with van der Waals surface area (Å²) in [7, 11) is 0. The highest BCUT2D eigenvalue weighted by Gasteiger charge is 2.12. The lowest BCUT2D eigenvalue weighted by Crippen LogP contribution is -2.30. The summed E-state index contributed by atoms with van der Waals surface area (Å²) in [5, 5.41) is 6.11. The first-order chi connectivity index (χ1) is 12.9. The minimum absolute atomic E-state index is 0.188. The van der Waals surface area contributed by atoms with Gasteiger partial charge in [0.05, 0.1) is 0 Å². The monoisotopic (exact) mass is 386 g/mol. The molecule has 0 aliphatic rings.